The maximum atomic E-state index is 6.54. The van der Waals surface area contributed by atoms with E-state index in [0.29, 0.717) is 28.0 Å². The molecule has 3 heterocycles. The number of rotatable bonds is 3. The van der Waals surface area contributed by atoms with E-state index in [1.54, 1.807) is 16.9 Å². The van der Waals surface area contributed by atoms with Gasteiger partial charge in [0, 0.05) is 28.4 Å². The molecule has 148 valence electrons. The molecule has 5 rings (SSSR count). The summed E-state index contributed by atoms with van der Waals surface area (Å²) in [6.45, 7) is 0. The Balaban J connectivity index is 1.82. The molecule has 4 aromatic rings. The molecule has 0 amide bonds. The van der Waals surface area contributed by atoms with Crippen molar-refractivity contribution in [3.8, 4) is 17.1 Å². The molecule has 0 saturated heterocycles. The van der Waals surface area contributed by atoms with Crippen LogP contribution in [0.2, 0.25) is 10.0 Å². The predicted molar refractivity (Wildman–Crippen MR) is 114 cm³/mol. The lowest BCUT2D eigenvalue weighted by atomic mass is 9.95. The second kappa shape index (κ2) is 7.31. The van der Waals surface area contributed by atoms with Gasteiger partial charge in [-0.2, -0.15) is 14.8 Å². The molecule has 0 atom stereocenters. The predicted octanol–water partition coefficient (Wildman–Crippen LogP) is 5.07. The summed E-state index contributed by atoms with van der Waals surface area (Å²) in [7, 11) is 0. The number of halogens is 2. The van der Waals surface area contributed by atoms with Crippen LogP contribution in [0.1, 0.15) is 38.1 Å². The van der Waals surface area contributed by atoms with Crippen molar-refractivity contribution in [1.29, 1.82) is 0 Å². The molecule has 0 spiro atoms. The first-order chi connectivity index (χ1) is 14.1. The van der Waals surface area contributed by atoms with Crippen molar-refractivity contribution in [3.63, 3.8) is 0 Å². The Morgan fingerprint density at radius 3 is 2.59 bits per heavy atom. The molecule has 9 heteroatoms. The third kappa shape index (κ3) is 3.14. The van der Waals surface area contributed by atoms with E-state index in [1.807, 2.05) is 18.3 Å². The van der Waals surface area contributed by atoms with Crippen molar-refractivity contribution >= 4 is 40.2 Å². The standard InChI is InChI=1S/C20H19Cl2N7/c21-12-6-7-14(16(22)8-12)15-9-24-10-17-18(15)28(13-4-2-1-3-5-13)20(27-17)29-19(23)25-11-26-29/h6-11,13H,1-5H2,(H2,23,25,26). The van der Waals surface area contributed by atoms with Crippen LogP contribution in [-0.4, -0.2) is 29.3 Å². The maximum Gasteiger partial charge on any atom is 0.235 e. The summed E-state index contributed by atoms with van der Waals surface area (Å²) in [5, 5.41) is 5.47. The summed E-state index contributed by atoms with van der Waals surface area (Å²) < 4.78 is 3.82. The summed E-state index contributed by atoms with van der Waals surface area (Å²) in [4.78, 5) is 13.3. The molecule has 1 saturated carbocycles. The van der Waals surface area contributed by atoms with Gasteiger partial charge in [-0.15, -0.1) is 0 Å². The molecule has 0 bridgehead atoms. The van der Waals surface area contributed by atoms with E-state index in [2.05, 4.69) is 19.6 Å². The van der Waals surface area contributed by atoms with Crippen molar-refractivity contribution in [2.45, 2.75) is 38.1 Å². The highest BCUT2D eigenvalue weighted by Crippen LogP contribution is 2.39. The van der Waals surface area contributed by atoms with Gasteiger partial charge in [0.1, 0.15) is 11.8 Å². The van der Waals surface area contributed by atoms with Crippen molar-refractivity contribution in [3.05, 3.63) is 47.0 Å². The Morgan fingerprint density at radius 1 is 1.03 bits per heavy atom. The minimum atomic E-state index is 0.291. The number of fused-ring (bicyclic) bond motifs is 1. The number of nitrogen functional groups attached to an aromatic ring is 1. The van der Waals surface area contributed by atoms with Crippen LogP contribution in [0.4, 0.5) is 5.95 Å². The Hall–Kier alpha value is -2.64. The fourth-order valence-corrected chi connectivity index (χ4v) is 4.69. The lowest BCUT2D eigenvalue weighted by molar-refractivity contribution is 0.356. The van der Waals surface area contributed by atoms with Gasteiger partial charge in [0.15, 0.2) is 0 Å². The van der Waals surface area contributed by atoms with Gasteiger partial charge in [0.25, 0.3) is 0 Å². The van der Waals surface area contributed by atoms with Gasteiger partial charge < -0.3 is 10.3 Å². The monoisotopic (exact) mass is 427 g/mol. The van der Waals surface area contributed by atoms with Crippen molar-refractivity contribution in [2.75, 3.05) is 5.73 Å². The van der Waals surface area contributed by atoms with Gasteiger partial charge in [-0.1, -0.05) is 48.5 Å². The van der Waals surface area contributed by atoms with Gasteiger partial charge in [0.05, 0.1) is 16.7 Å². The molecule has 0 aliphatic heterocycles. The van der Waals surface area contributed by atoms with Crippen LogP contribution in [0.25, 0.3) is 28.1 Å². The number of nitrogens with zero attached hydrogens (tertiary/aromatic N) is 6. The molecular weight excluding hydrogens is 409 g/mol. The third-order valence-corrected chi connectivity index (χ3v) is 6.05. The van der Waals surface area contributed by atoms with Crippen LogP contribution in [0, 0.1) is 0 Å². The van der Waals surface area contributed by atoms with Crippen LogP contribution in [0.3, 0.4) is 0 Å². The SMILES string of the molecule is Nc1ncnn1-c1nc2cncc(-c3ccc(Cl)cc3Cl)c2n1C1CCCCC1. The summed E-state index contributed by atoms with van der Waals surface area (Å²) in [6, 6.07) is 5.79. The lowest BCUT2D eigenvalue weighted by Gasteiger charge is -2.26. The van der Waals surface area contributed by atoms with Crippen molar-refractivity contribution < 1.29 is 0 Å². The molecule has 0 unspecified atom stereocenters. The summed E-state index contributed by atoms with van der Waals surface area (Å²) in [5.74, 6) is 0.956. The first-order valence-corrected chi connectivity index (χ1v) is 10.4. The van der Waals surface area contributed by atoms with Gasteiger partial charge in [0.2, 0.25) is 11.9 Å². The fourth-order valence-electron chi connectivity index (χ4n) is 4.18. The zero-order valence-electron chi connectivity index (χ0n) is 15.6. The van der Waals surface area contributed by atoms with Gasteiger partial charge >= 0.3 is 0 Å². The molecule has 2 N–H and O–H groups in total. The molecule has 29 heavy (non-hydrogen) atoms. The average Bonchev–Trinajstić information content (AvgIpc) is 3.31. The van der Waals surface area contributed by atoms with Crippen molar-refractivity contribution in [2.24, 2.45) is 0 Å². The average molecular weight is 428 g/mol. The topological polar surface area (TPSA) is 87.4 Å². The Bertz CT molecular complexity index is 1190. The highest BCUT2D eigenvalue weighted by atomic mass is 35.5. The Labute approximate surface area is 177 Å². The van der Waals surface area contributed by atoms with Crippen LogP contribution in [0.15, 0.2) is 36.9 Å². The van der Waals surface area contributed by atoms with E-state index in [4.69, 9.17) is 33.9 Å². The van der Waals surface area contributed by atoms with Crippen molar-refractivity contribution in [1.82, 2.24) is 29.3 Å². The zero-order valence-corrected chi connectivity index (χ0v) is 17.1. The first-order valence-electron chi connectivity index (χ1n) is 9.60. The van der Waals surface area contributed by atoms with E-state index in [-0.39, 0.29) is 0 Å². The summed E-state index contributed by atoms with van der Waals surface area (Å²) in [5.41, 5.74) is 9.58. The number of anilines is 1. The normalized spacial score (nSPS) is 15.2. The number of hydrogen-bond donors (Lipinski definition) is 1. The molecule has 1 aliphatic rings. The number of aromatic nitrogens is 6. The summed E-state index contributed by atoms with van der Waals surface area (Å²) >= 11 is 12.7. The lowest BCUT2D eigenvalue weighted by Crippen LogP contribution is -2.18. The Morgan fingerprint density at radius 2 is 1.86 bits per heavy atom. The number of pyridine rings is 1. The molecule has 7 nitrogen and oxygen atoms in total. The van der Waals surface area contributed by atoms with E-state index < -0.39 is 0 Å². The number of nitrogens with two attached hydrogens (primary N) is 1. The second-order valence-electron chi connectivity index (χ2n) is 7.28. The van der Waals surface area contributed by atoms with Gasteiger partial charge in [-0.25, -0.2) is 4.98 Å². The van der Waals surface area contributed by atoms with Crippen LogP contribution < -0.4 is 5.73 Å². The largest absolute Gasteiger partial charge is 0.368 e. The van der Waals surface area contributed by atoms with E-state index in [1.165, 1.54) is 25.6 Å². The highest BCUT2D eigenvalue weighted by molar-refractivity contribution is 6.36. The van der Waals surface area contributed by atoms with E-state index in [0.717, 1.165) is 35.0 Å². The van der Waals surface area contributed by atoms with Crippen LogP contribution in [0.5, 0.6) is 0 Å². The molecule has 1 aromatic carbocycles. The van der Waals surface area contributed by atoms with Gasteiger partial charge in [-0.05, 0) is 25.0 Å². The smallest absolute Gasteiger partial charge is 0.235 e. The molecule has 1 fully saturated rings. The molecule has 3 aromatic heterocycles. The molecule has 0 radical (unpaired) electrons. The minimum Gasteiger partial charge on any atom is -0.368 e. The second-order valence-corrected chi connectivity index (χ2v) is 8.13. The van der Waals surface area contributed by atoms with E-state index >= 15 is 0 Å². The highest BCUT2D eigenvalue weighted by Gasteiger charge is 2.26. The van der Waals surface area contributed by atoms with Gasteiger partial charge in [-0.3, -0.25) is 4.98 Å². The molecular formula is C20H19Cl2N7. The van der Waals surface area contributed by atoms with Crippen LogP contribution >= 0.6 is 23.2 Å². The minimum absolute atomic E-state index is 0.291. The summed E-state index contributed by atoms with van der Waals surface area (Å²) in [6.07, 6.45) is 10.8. The molecule has 1 aliphatic carbocycles. The third-order valence-electron chi connectivity index (χ3n) is 5.50. The zero-order chi connectivity index (χ0) is 20.0. The number of benzene rings is 1. The Kier molecular flexibility index (Phi) is 4.64. The number of imidazole rings is 1. The quantitative estimate of drug-likeness (QED) is 0.492. The maximum absolute atomic E-state index is 6.54. The fraction of sp³-hybridized carbons (Fsp3) is 0.300. The number of hydrogen-bond acceptors (Lipinski definition) is 5. The first kappa shape index (κ1) is 18.4. The van der Waals surface area contributed by atoms with Crippen LogP contribution in [-0.2, 0) is 0 Å². The van der Waals surface area contributed by atoms with E-state index in [9.17, 15) is 0 Å².